The van der Waals surface area contributed by atoms with Crippen molar-refractivity contribution in [1.29, 1.82) is 0 Å². The summed E-state index contributed by atoms with van der Waals surface area (Å²) < 4.78 is 32.9. The van der Waals surface area contributed by atoms with E-state index in [1.165, 1.54) is 13.8 Å². The molecule has 1 aliphatic heterocycles. The molecule has 0 unspecified atom stereocenters. The number of pyridine rings is 1. The van der Waals surface area contributed by atoms with Crippen molar-refractivity contribution >= 4 is 29.5 Å². The van der Waals surface area contributed by atoms with Gasteiger partial charge in [0, 0.05) is 25.2 Å². The number of aromatic nitrogens is 2. The Morgan fingerprint density at radius 2 is 1.76 bits per heavy atom. The molecule has 0 saturated heterocycles. The Balaban J connectivity index is 1.97. The van der Waals surface area contributed by atoms with Crippen LogP contribution < -0.4 is 21.3 Å². The largest absolute Gasteiger partial charge is 0.391 e. The van der Waals surface area contributed by atoms with Crippen LogP contribution in [-0.2, 0) is 20.9 Å². The first kappa shape index (κ1) is 31.1. The molecule has 2 aromatic heterocycles. The quantitative estimate of drug-likeness (QED) is 0.311. The zero-order valence-corrected chi connectivity index (χ0v) is 22.7. The van der Waals surface area contributed by atoms with Crippen LogP contribution in [0.4, 0.5) is 8.78 Å². The lowest BCUT2D eigenvalue weighted by atomic mass is 10.0. The number of carbonyl (C=O) groups is 5. The first-order valence-corrected chi connectivity index (χ1v) is 12.7. The molecule has 1 aliphatic rings. The summed E-state index contributed by atoms with van der Waals surface area (Å²) in [5.41, 5.74) is -0.999. The van der Waals surface area contributed by atoms with Crippen molar-refractivity contribution in [2.45, 2.75) is 58.5 Å². The molecule has 3 rings (SSSR count). The Bertz CT molecular complexity index is 1320. The molecule has 2 bridgehead atoms. The van der Waals surface area contributed by atoms with Gasteiger partial charge in [-0.15, -0.1) is 0 Å². The van der Waals surface area contributed by atoms with E-state index in [-0.39, 0.29) is 37.0 Å². The molecule has 0 aliphatic carbocycles. The molecule has 0 saturated carbocycles. The van der Waals surface area contributed by atoms with Crippen molar-refractivity contribution < 1.29 is 42.4 Å². The lowest BCUT2D eigenvalue weighted by Gasteiger charge is -2.26. The van der Waals surface area contributed by atoms with Crippen molar-refractivity contribution in [3.8, 4) is 0 Å². The van der Waals surface area contributed by atoms with Crippen LogP contribution in [0.3, 0.4) is 0 Å². The molecule has 4 atom stereocenters. The van der Waals surface area contributed by atoms with Crippen LogP contribution in [0.15, 0.2) is 22.9 Å². The summed E-state index contributed by atoms with van der Waals surface area (Å²) in [7, 11) is 0. The van der Waals surface area contributed by atoms with Crippen LogP contribution in [0.25, 0.3) is 0 Å². The summed E-state index contributed by atoms with van der Waals surface area (Å²) in [6, 6.07) is -2.03. The number of amides is 5. The molecule has 5 amide bonds. The maximum absolute atomic E-state index is 14.4. The molecule has 41 heavy (non-hydrogen) atoms. The number of hydrogen-bond donors (Lipinski definition) is 5. The first-order chi connectivity index (χ1) is 19.3. The highest BCUT2D eigenvalue weighted by Crippen LogP contribution is 2.14. The summed E-state index contributed by atoms with van der Waals surface area (Å²) in [6.45, 7) is 5.24. The molecule has 3 heterocycles. The SMILES string of the molecule is CC(C)[C@@H]1NC(=O)[C@H](C)NC(=O)[C@H]([C@@H](C)O)NC(=O)c2cc(on2)CN(C(=O)c2ncc(F)cc2F)CCNC1=O. The third-order valence-corrected chi connectivity index (χ3v) is 6.17. The van der Waals surface area contributed by atoms with Gasteiger partial charge >= 0.3 is 0 Å². The van der Waals surface area contributed by atoms with E-state index in [2.05, 4.69) is 31.4 Å². The molecule has 16 heteroatoms. The van der Waals surface area contributed by atoms with Crippen molar-refractivity contribution in [3.63, 3.8) is 0 Å². The van der Waals surface area contributed by atoms with Gasteiger partial charge in [-0.1, -0.05) is 19.0 Å². The number of hydrogen-bond acceptors (Lipinski definition) is 9. The maximum Gasteiger partial charge on any atom is 0.275 e. The minimum Gasteiger partial charge on any atom is -0.391 e. The molecule has 222 valence electrons. The van der Waals surface area contributed by atoms with Gasteiger partial charge < -0.3 is 35.8 Å². The average molecular weight is 580 g/mol. The highest BCUT2D eigenvalue weighted by atomic mass is 19.1. The number of nitrogens with zero attached hydrogens (tertiary/aromatic N) is 3. The van der Waals surface area contributed by atoms with Gasteiger partial charge in [-0.2, -0.15) is 0 Å². The first-order valence-electron chi connectivity index (χ1n) is 12.7. The Morgan fingerprint density at radius 1 is 1.05 bits per heavy atom. The van der Waals surface area contributed by atoms with Crippen LogP contribution in [0, 0.1) is 17.6 Å². The number of rotatable bonds is 3. The smallest absolute Gasteiger partial charge is 0.275 e. The second-order valence-corrected chi connectivity index (χ2v) is 9.83. The molecule has 0 aromatic carbocycles. The Labute approximate surface area is 233 Å². The van der Waals surface area contributed by atoms with Gasteiger partial charge in [0.05, 0.1) is 18.8 Å². The molecule has 14 nitrogen and oxygen atoms in total. The fraction of sp³-hybridized carbons (Fsp3) is 0.480. The minimum atomic E-state index is -1.49. The van der Waals surface area contributed by atoms with E-state index in [4.69, 9.17) is 4.52 Å². The lowest BCUT2D eigenvalue weighted by Crippen LogP contribution is -2.58. The van der Waals surface area contributed by atoms with Gasteiger partial charge in [-0.05, 0) is 19.8 Å². The van der Waals surface area contributed by atoms with E-state index >= 15 is 0 Å². The number of carbonyl (C=O) groups excluding carboxylic acids is 5. The fourth-order valence-corrected chi connectivity index (χ4v) is 3.88. The Kier molecular flexibility index (Phi) is 10.0. The number of fused-ring (bicyclic) bond motifs is 2. The number of aliphatic hydroxyl groups excluding tert-OH is 1. The van der Waals surface area contributed by atoms with E-state index in [1.54, 1.807) is 13.8 Å². The normalized spacial score (nSPS) is 22.1. The van der Waals surface area contributed by atoms with Gasteiger partial charge in [-0.3, -0.25) is 24.0 Å². The van der Waals surface area contributed by atoms with Crippen molar-refractivity contribution in [2.75, 3.05) is 13.1 Å². The van der Waals surface area contributed by atoms with Gasteiger partial charge in [0.15, 0.2) is 23.0 Å². The predicted octanol–water partition coefficient (Wildman–Crippen LogP) is -0.755. The van der Waals surface area contributed by atoms with E-state index < -0.39 is 71.1 Å². The summed E-state index contributed by atoms with van der Waals surface area (Å²) in [5, 5.41) is 23.6. The molecule has 2 aromatic rings. The monoisotopic (exact) mass is 579 g/mol. The third-order valence-electron chi connectivity index (χ3n) is 6.17. The number of aliphatic hydroxyl groups is 1. The maximum atomic E-state index is 14.4. The summed E-state index contributed by atoms with van der Waals surface area (Å²) in [4.78, 5) is 69.0. The van der Waals surface area contributed by atoms with Crippen molar-refractivity contribution in [3.05, 3.63) is 47.1 Å². The van der Waals surface area contributed by atoms with Crippen LogP contribution in [-0.4, -0.2) is 87.0 Å². The van der Waals surface area contributed by atoms with E-state index in [0.717, 1.165) is 11.0 Å². The fourth-order valence-electron chi connectivity index (χ4n) is 3.88. The second kappa shape index (κ2) is 13.3. The van der Waals surface area contributed by atoms with Crippen LogP contribution in [0.2, 0.25) is 0 Å². The van der Waals surface area contributed by atoms with Crippen LogP contribution >= 0.6 is 0 Å². The van der Waals surface area contributed by atoms with E-state index in [1.807, 2.05) is 0 Å². The summed E-state index contributed by atoms with van der Waals surface area (Å²) in [6.07, 6.45) is -0.713. The average Bonchev–Trinajstić information content (AvgIpc) is 3.36. The Morgan fingerprint density at radius 3 is 2.39 bits per heavy atom. The van der Waals surface area contributed by atoms with Crippen LogP contribution in [0.1, 0.15) is 54.4 Å². The third kappa shape index (κ3) is 7.81. The molecule has 0 spiro atoms. The second-order valence-electron chi connectivity index (χ2n) is 9.83. The molecular weight excluding hydrogens is 548 g/mol. The van der Waals surface area contributed by atoms with Gasteiger partial charge in [-0.25, -0.2) is 13.8 Å². The highest BCUT2D eigenvalue weighted by molar-refractivity contribution is 5.98. The highest BCUT2D eigenvalue weighted by Gasteiger charge is 2.32. The molecule has 0 fully saturated rings. The van der Waals surface area contributed by atoms with Gasteiger partial charge in [0.2, 0.25) is 17.7 Å². The van der Waals surface area contributed by atoms with Crippen molar-refractivity contribution in [2.24, 2.45) is 5.92 Å². The molecule has 0 radical (unpaired) electrons. The summed E-state index contributed by atoms with van der Waals surface area (Å²) >= 11 is 0. The van der Waals surface area contributed by atoms with Gasteiger partial charge in [0.1, 0.15) is 23.9 Å². The standard InChI is InChI=1S/C25H31F2N7O7/c1-11(2)18-23(38)28-5-6-34(25(40)20-16(27)7-14(26)9-29-20)10-15-8-17(33-41-15)22(37)32-19(13(4)35)24(39)30-12(3)21(36)31-18/h7-9,11-13,18-19,35H,5-6,10H2,1-4H3,(H,28,38)(H,30,39)(H,31,36)(H,32,37)/t12-,13+,18-,19-/m0/s1. The number of nitrogens with one attached hydrogen (secondary N) is 4. The molecular formula is C25H31F2N7O7. The zero-order valence-electron chi connectivity index (χ0n) is 22.7. The lowest BCUT2D eigenvalue weighted by molar-refractivity contribution is -0.133. The predicted molar refractivity (Wildman–Crippen MR) is 136 cm³/mol. The van der Waals surface area contributed by atoms with Gasteiger partial charge in [0.25, 0.3) is 11.8 Å². The minimum absolute atomic E-state index is 0.0301. The summed E-state index contributed by atoms with van der Waals surface area (Å²) in [5.74, 6) is -6.68. The van der Waals surface area contributed by atoms with Crippen LogP contribution in [0.5, 0.6) is 0 Å². The van der Waals surface area contributed by atoms with Crippen molar-refractivity contribution in [1.82, 2.24) is 36.3 Å². The van der Waals surface area contributed by atoms with E-state index in [0.29, 0.717) is 12.3 Å². The Hall–Kier alpha value is -4.47. The molecule has 5 N–H and O–H groups in total. The topological polar surface area (TPSA) is 196 Å². The van der Waals surface area contributed by atoms with E-state index in [9.17, 15) is 37.9 Å². The zero-order chi connectivity index (χ0) is 30.4. The number of halogens is 2.